The van der Waals surface area contributed by atoms with E-state index in [0.717, 1.165) is 0 Å². The van der Waals surface area contributed by atoms with Crippen molar-refractivity contribution in [2.24, 2.45) is 5.92 Å². The molecule has 1 rings (SSSR count). The fraction of sp³-hybridized carbons (Fsp3) is 1.00. The Kier molecular flexibility index (Phi) is 1.82. The molecule has 0 amide bonds. The van der Waals surface area contributed by atoms with Crippen molar-refractivity contribution in [2.45, 2.75) is 32.1 Å². The van der Waals surface area contributed by atoms with Gasteiger partial charge in [0.2, 0.25) is 0 Å². The second kappa shape index (κ2) is 2.31. The summed E-state index contributed by atoms with van der Waals surface area (Å²) in [6.07, 6.45) is -0.394. The van der Waals surface area contributed by atoms with Crippen LogP contribution in [0.1, 0.15) is 13.8 Å². The van der Waals surface area contributed by atoms with Gasteiger partial charge in [-0.15, -0.1) is 0 Å². The molecule has 0 aliphatic carbocycles. The second-order valence-corrected chi connectivity index (χ2v) is 2.66. The van der Waals surface area contributed by atoms with E-state index in [1.54, 1.807) is 0 Å². The number of hydrogen-bond acceptors (Lipinski definition) is 2. The highest BCUT2D eigenvalue weighted by Crippen LogP contribution is 2.23. The van der Waals surface area contributed by atoms with Gasteiger partial charge in [0.25, 0.3) is 0 Å². The molecule has 0 spiro atoms. The van der Waals surface area contributed by atoms with Gasteiger partial charge >= 0.3 is 0 Å². The Morgan fingerprint density at radius 1 is 1.44 bits per heavy atom. The van der Waals surface area contributed by atoms with Crippen LogP contribution >= 0.6 is 0 Å². The van der Waals surface area contributed by atoms with Crippen molar-refractivity contribution in [1.29, 1.82) is 0 Å². The van der Waals surface area contributed by atoms with E-state index in [1.807, 2.05) is 13.8 Å². The minimum Gasteiger partial charge on any atom is -0.391 e. The first-order valence-electron chi connectivity index (χ1n) is 3.22. The standard InChI is InChI=1S/C6H11BO2/c1-3-4(2)9-6(7)5(3)8/h3-6,8H,1-2H3/t3?,4-,5?,6+/m1/s1. The molecule has 0 aromatic heterocycles. The van der Waals surface area contributed by atoms with E-state index in [4.69, 9.17) is 12.6 Å². The molecule has 1 fully saturated rings. The topological polar surface area (TPSA) is 29.5 Å². The van der Waals surface area contributed by atoms with Crippen LogP contribution < -0.4 is 0 Å². The SMILES string of the molecule is [B][C@H]1O[C@H](C)C(C)C1O. The molecule has 9 heavy (non-hydrogen) atoms. The van der Waals surface area contributed by atoms with Gasteiger partial charge in [-0.3, -0.25) is 0 Å². The van der Waals surface area contributed by atoms with Crippen molar-refractivity contribution < 1.29 is 9.84 Å². The molecule has 0 bridgehead atoms. The van der Waals surface area contributed by atoms with E-state index >= 15 is 0 Å². The van der Waals surface area contributed by atoms with E-state index in [-0.39, 0.29) is 12.0 Å². The molecular weight excluding hydrogens is 115 g/mol. The lowest BCUT2D eigenvalue weighted by Crippen LogP contribution is -2.25. The molecule has 0 saturated carbocycles. The van der Waals surface area contributed by atoms with Crippen molar-refractivity contribution >= 4 is 7.85 Å². The summed E-state index contributed by atoms with van der Waals surface area (Å²) in [5.41, 5.74) is 0. The summed E-state index contributed by atoms with van der Waals surface area (Å²) in [7, 11) is 5.39. The zero-order valence-corrected chi connectivity index (χ0v) is 5.74. The summed E-state index contributed by atoms with van der Waals surface area (Å²) in [5, 5.41) is 9.19. The van der Waals surface area contributed by atoms with Gasteiger partial charge in [-0.1, -0.05) is 6.92 Å². The van der Waals surface area contributed by atoms with Crippen molar-refractivity contribution in [3.8, 4) is 0 Å². The number of ether oxygens (including phenoxy) is 1. The molecule has 1 saturated heterocycles. The molecule has 2 nitrogen and oxygen atoms in total. The fourth-order valence-electron chi connectivity index (χ4n) is 1.03. The smallest absolute Gasteiger partial charge is 0.112 e. The Morgan fingerprint density at radius 2 is 2.00 bits per heavy atom. The normalized spacial score (nSPS) is 51.9. The maximum atomic E-state index is 9.19. The monoisotopic (exact) mass is 126 g/mol. The number of hydrogen-bond donors (Lipinski definition) is 1. The number of rotatable bonds is 0. The summed E-state index contributed by atoms with van der Waals surface area (Å²) >= 11 is 0. The van der Waals surface area contributed by atoms with Crippen LogP contribution in [-0.4, -0.2) is 31.2 Å². The van der Waals surface area contributed by atoms with Crippen LogP contribution in [0.15, 0.2) is 0 Å². The molecule has 0 aromatic carbocycles. The van der Waals surface area contributed by atoms with Gasteiger partial charge in [0, 0.05) is 11.9 Å². The van der Waals surface area contributed by atoms with Crippen LogP contribution in [0.2, 0.25) is 0 Å². The maximum Gasteiger partial charge on any atom is 0.112 e. The lowest BCUT2D eigenvalue weighted by Gasteiger charge is -2.09. The van der Waals surface area contributed by atoms with Crippen LogP contribution in [0.5, 0.6) is 0 Å². The Labute approximate surface area is 56.6 Å². The van der Waals surface area contributed by atoms with Gasteiger partial charge < -0.3 is 9.84 Å². The quantitative estimate of drug-likeness (QED) is 0.459. The maximum absolute atomic E-state index is 9.19. The number of aliphatic hydroxyl groups is 1. The zero-order valence-electron chi connectivity index (χ0n) is 5.74. The first-order chi connectivity index (χ1) is 4.13. The molecular formula is C6H11BO2. The highest BCUT2D eigenvalue weighted by Gasteiger charge is 2.34. The van der Waals surface area contributed by atoms with Crippen LogP contribution in [0.25, 0.3) is 0 Å². The van der Waals surface area contributed by atoms with Gasteiger partial charge in [0.15, 0.2) is 0 Å². The van der Waals surface area contributed by atoms with Gasteiger partial charge in [0.1, 0.15) is 7.85 Å². The van der Waals surface area contributed by atoms with E-state index in [9.17, 15) is 5.11 Å². The van der Waals surface area contributed by atoms with Crippen molar-refractivity contribution in [2.75, 3.05) is 0 Å². The highest BCUT2D eigenvalue weighted by molar-refractivity contribution is 6.11. The summed E-state index contributed by atoms with van der Waals surface area (Å²) in [6.45, 7) is 3.85. The second-order valence-electron chi connectivity index (χ2n) is 2.66. The van der Waals surface area contributed by atoms with Gasteiger partial charge in [0.05, 0.1) is 12.2 Å². The van der Waals surface area contributed by atoms with Crippen LogP contribution in [0.4, 0.5) is 0 Å². The summed E-state index contributed by atoms with van der Waals surface area (Å²) in [6, 6.07) is -0.477. The highest BCUT2D eigenvalue weighted by atomic mass is 16.5. The van der Waals surface area contributed by atoms with Crippen molar-refractivity contribution in [1.82, 2.24) is 0 Å². The Hall–Kier alpha value is -0.0151. The first kappa shape index (κ1) is 7.10. The molecule has 1 aliphatic heterocycles. The largest absolute Gasteiger partial charge is 0.391 e. The average molecular weight is 126 g/mol. The molecule has 4 atom stereocenters. The van der Waals surface area contributed by atoms with Gasteiger partial charge in [-0.2, -0.15) is 0 Å². The molecule has 1 N–H and O–H groups in total. The van der Waals surface area contributed by atoms with Crippen LogP contribution in [-0.2, 0) is 4.74 Å². The molecule has 3 heteroatoms. The third kappa shape index (κ3) is 1.12. The molecule has 2 unspecified atom stereocenters. The fourth-order valence-corrected chi connectivity index (χ4v) is 1.03. The van der Waals surface area contributed by atoms with Crippen LogP contribution in [0, 0.1) is 5.92 Å². The van der Waals surface area contributed by atoms with E-state index in [2.05, 4.69) is 0 Å². The number of aliphatic hydroxyl groups excluding tert-OH is 1. The van der Waals surface area contributed by atoms with Crippen molar-refractivity contribution in [3.63, 3.8) is 0 Å². The van der Waals surface area contributed by atoms with Gasteiger partial charge in [-0.25, -0.2) is 0 Å². The third-order valence-electron chi connectivity index (χ3n) is 1.99. The van der Waals surface area contributed by atoms with E-state index in [0.29, 0.717) is 0 Å². The molecule has 1 heterocycles. The lowest BCUT2D eigenvalue weighted by molar-refractivity contribution is 0.0676. The summed E-state index contributed by atoms with van der Waals surface area (Å²) in [4.78, 5) is 0. The summed E-state index contributed by atoms with van der Waals surface area (Å²) < 4.78 is 5.11. The van der Waals surface area contributed by atoms with E-state index < -0.39 is 12.1 Å². The predicted octanol–water partition coefficient (Wildman–Crippen LogP) is -0.103. The molecule has 50 valence electrons. The Balaban J connectivity index is 2.54. The van der Waals surface area contributed by atoms with Crippen molar-refractivity contribution in [3.05, 3.63) is 0 Å². The summed E-state index contributed by atoms with van der Waals surface area (Å²) in [5.74, 6) is 0.167. The first-order valence-corrected chi connectivity index (χ1v) is 3.22. The average Bonchev–Trinajstić information content (AvgIpc) is 1.98. The predicted molar refractivity (Wildman–Crippen MR) is 35.3 cm³/mol. The molecule has 2 radical (unpaired) electrons. The molecule has 0 aromatic rings. The minimum absolute atomic E-state index is 0.0926. The Morgan fingerprint density at radius 3 is 2.11 bits per heavy atom. The van der Waals surface area contributed by atoms with Gasteiger partial charge in [-0.05, 0) is 6.92 Å². The third-order valence-corrected chi connectivity index (χ3v) is 1.99. The minimum atomic E-state index is -0.486. The molecule has 1 aliphatic rings. The van der Waals surface area contributed by atoms with Crippen LogP contribution in [0.3, 0.4) is 0 Å². The Bertz CT molecular complexity index is 95.2. The zero-order chi connectivity index (χ0) is 7.02. The lowest BCUT2D eigenvalue weighted by atomic mass is 9.89. The van der Waals surface area contributed by atoms with E-state index in [1.165, 1.54) is 0 Å².